The second-order valence-corrected chi connectivity index (χ2v) is 8.07. The molecule has 168 valence electrons. The van der Waals surface area contributed by atoms with E-state index in [1.807, 2.05) is 26.8 Å². The molecule has 0 saturated heterocycles. The van der Waals surface area contributed by atoms with E-state index in [2.05, 4.69) is 12.7 Å². The molecule has 8 heteroatoms. The van der Waals surface area contributed by atoms with Crippen molar-refractivity contribution in [3.8, 4) is 0 Å². The van der Waals surface area contributed by atoms with Crippen LogP contribution in [0.1, 0.15) is 50.2 Å². The van der Waals surface area contributed by atoms with Gasteiger partial charge in [0.25, 0.3) is 5.56 Å². The van der Waals surface area contributed by atoms with Crippen LogP contribution in [0.4, 0.5) is 0 Å². The molecule has 0 aromatic carbocycles. The fraction of sp³-hybridized carbons (Fsp3) is 0.565. The minimum Gasteiger partial charge on any atom is -0.394 e. The Labute approximate surface area is 181 Å². The van der Waals surface area contributed by atoms with Gasteiger partial charge in [-0.25, -0.2) is 0 Å². The molecule has 1 aromatic rings. The quantitative estimate of drug-likeness (QED) is 0.640. The second-order valence-electron chi connectivity index (χ2n) is 8.07. The Morgan fingerprint density at radius 1 is 1.45 bits per heavy atom. The lowest BCUT2D eigenvalue weighted by atomic mass is 9.84. The van der Waals surface area contributed by atoms with E-state index in [1.165, 1.54) is 0 Å². The number of aliphatic imine (C=N–C) groups is 1. The van der Waals surface area contributed by atoms with E-state index in [-0.39, 0.29) is 37.3 Å². The van der Waals surface area contributed by atoms with Crippen molar-refractivity contribution >= 4 is 5.71 Å². The van der Waals surface area contributed by atoms with Crippen molar-refractivity contribution in [1.29, 1.82) is 0 Å². The number of aromatic nitrogens is 1. The molecule has 0 radical (unpaired) electrons. The molecule has 4 rings (SSSR count). The van der Waals surface area contributed by atoms with Crippen LogP contribution >= 0.6 is 0 Å². The summed E-state index contributed by atoms with van der Waals surface area (Å²) in [5.74, 6) is 0.0967. The highest BCUT2D eigenvalue weighted by Crippen LogP contribution is 2.43. The number of hydrogen-bond donors (Lipinski definition) is 2. The summed E-state index contributed by atoms with van der Waals surface area (Å²) < 4.78 is 19.0. The summed E-state index contributed by atoms with van der Waals surface area (Å²) in [7, 11) is 0. The Kier molecular flexibility index (Phi) is 6.02. The summed E-state index contributed by atoms with van der Waals surface area (Å²) in [6.45, 7) is 9.95. The molecule has 1 aromatic heterocycles. The van der Waals surface area contributed by atoms with Crippen molar-refractivity contribution in [1.82, 2.24) is 4.57 Å². The smallest absolute Gasteiger partial charge is 0.259 e. The van der Waals surface area contributed by atoms with E-state index < -0.39 is 18.1 Å². The Morgan fingerprint density at radius 3 is 2.87 bits per heavy atom. The predicted molar refractivity (Wildman–Crippen MR) is 115 cm³/mol. The van der Waals surface area contributed by atoms with Crippen LogP contribution in [0.15, 0.2) is 40.2 Å². The molecular formula is C23H30N2O6. The molecule has 31 heavy (non-hydrogen) atoms. The fourth-order valence-electron chi connectivity index (χ4n) is 4.85. The lowest BCUT2D eigenvalue weighted by Crippen LogP contribution is -2.49. The van der Waals surface area contributed by atoms with Crippen molar-refractivity contribution in [2.45, 2.75) is 58.0 Å². The van der Waals surface area contributed by atoms with Crippen LogP contribution in [0.3, 0.4) is 0 Å². The summed E-state index contributed by atoms with van der Waals surface area (Å²) in [6.07, 6.45) is 2.43. The molecule has 2 N–H and O–H groups in total. The molecule has 0 fully saturated rings. The highest BCUT2D eigenvalue weighted by Gasteiger charge is 2.48. The van der Waals surface area contributed by atoms with Crippen molar-refractivity contribution in [3.63, 3.8) is 0 Å². The van der Waals surface area contributed by atoms with Crippen LogP contribution in [0.5, 0.6) is 0 Å². The molecule has 0 aliphatic carbocycles. The molecule has 4 unspecified atom stereocenters. The average Bonchev–Trinajstić information content (AvgIpc) is 3.06. The predicted octanol–water partition coefficient (Wildman–Crippen LogP) is 1.78. The van der Waals surface area contributed by atoms with Gasteiger partial charge in [0.2, 0.25) is 0 Å². The molecule has 5 atom stereocenters. The average molecular weight is 431 g/mol. The van der Waals surface area contributed by atoms with E-state index in [9.17, 15) is 15.0 Å². The Hall–Kier alpha value is -2.10. The van der Waals surface area contributed by atoms with E-state index in [1.54, 1.807) is 10.6 Å². The third kappa shape index (κ3) is 3.25. The lowest BCUT2D eigenvalue weighted by molar-refractivity contribution is -0.254. The zero-order valence-corrected chi connectivity index (χ0v) is 18.2. The van der Waals surface area contributed by atoms with Gasteiger partial charge < -0.3 is 24.4 Å². The van der Waals surface area contributed by atoms with Gasteiger partial charge in [0.1, 0.15) is 5.60 Å². The first kappa shape index (κ1) is 22.1. The summed E-state index contributed by atoms with van der Waals surface area (Å²) >= 11 is 0. The van der Waals surface area contributed by atoms with Crippen molar-refractivity contribution in [2.75, 3.05) is 19.8 Å². The maximum Gasteiger partial charge on any atom is 0.259 e. The van der Waals surface area contributed by atoms with Gasteiger partial charge in [-0.05, 0) is 19.4 Å². The van der Waals surface area contributed by atoms with Crippen molar-refractivity contribution in [3.05, 3.63) is 57.5 Å². The van der Waals surface area contributed by atoms with Crippen LogP contribution in [0.2, 0.25) is 0 Å². The van der Waals surface area contributed by atoms with Gasteiger partial charge in [0.15, 0.2) is 12.5 Å². The van der Waals surface area contributed by atoms with Gasteiger partial charge in [-0.1, -0.05) is 26.0 Å². The van der Waals surface area contributed by atoms with Crippen LogP contribution in [-0.4, -0.2) is 52.6 Å². The molecule has 8 nitrogen and oxygen atoms in total. The largest absolute Gasteiger partial charge is 0.394 e. The minimum absolute atomic E-state index is 0.0195. The molecule has 3 aliphatic heterocycles. The first-order valence-electron chi connectivity index (χ1n) is 10.8. The first-order valence-corrected chi connectivity index (χ1v) is 10.8. The van der Waals surface area contributed by atoms with Crippen molar-refractivity contribution < 1.29 is 24.4 Å². The molecule has 0 bridgehead atoms. The maximum absolute atomic E-state index is 13.7. The number of aliphatic hydroxyl groups is 2. The van der Waals surface area contributed by atoms with Crippen molar-refractivity contribution in [2.24, 2.45) is 10.9 Å². The van der Waals surface area contributed by atoms with Gasteiger partial charge in [-0.2, -0.15) is 0 Å². The summed E-state index contributed by atoms with van der Waals surface area (Å²) in [5, 5.41) is 20.0. The highest BCUT2D eigenvalue weighted by molar-refractivity contribution is 6.15. The number of ether oxygens (including phenoxy) is 3. The third-order valence-electron chi connectivity index (χ3n) is 6.39. The van der Waals surface area contributed by atoms with Crippen LogP contribution in [0, 0.1) is 5.92 Å². The lowest BCUT2D eigenvalue weighted by Gasteiger charge is -2.41. The first-order chi connectivity index (χ1) is 14.9. The number of rotatable bonds is 7. The summed E-state index contributed by atoms with van der Waals surface area (Å²) in [6, 6.07) is 1.76. The standard InChI is InChI=1S/C23H30N2O6/c1-5-17-13(4)10-14-19(24-17)18-11-16-15(20(27)25(18)21(14)29-9-8-26)12-30-22(28)23(16,6-2)31-7-3/h5,10-11,13,17,21-22,26,28H,1,6-9,12H2,2-4H3/t13?,17?,21?,22?,23-/m0/s1. The molecule has 0 amide bonds. The molecule has 3 aliphatic rings. The van der Waals surface area contributed by atoms with Gasteiger partial charge in [0, 0.05) is 29.2 Å². The monoisotopic (exact) mass is 430 g/mol. The molecule has 0 spiro atoms. The number of dihydropyridines is 1. The molecular weight excluding hydrogens is 400 g/mol. The SMILES string of the molecule is C=CC1N=C2C(=CC1C)C(OCCO)n1c2cc2c(c1=O)COC(O)[C@@]2(CC)OCC. The topological polar surface area (TPSA) is 103 Å². The van der Waals surface area contributed by atoms with E-state index in [0.717, 1.165) is 5.57 Å². The number of fused-ring (bicyclic) bond motifs is 4. The van der Waals surface area contributed by atoms with Gasteiger partial charge >= 0.3 is 0 Å². The highest BCUT2D eigenvalue weighted by atomic mass is 16.6. The van der Waals surface area contributed by atoms with Gasteiger partial charge in [-0.3, -0.25) is 14.4 Å². The van der Waals surface area contributed by atoms with Crippen LogP contribution in [-0.2, 0) is 26.4 Å². The van der Waals surface area contributed by atoms with Crippen LogP contribution < -0.4 is 5.56 Å². The Balaban J connectivity index is 1.98. The summed E-state index contributed by atoms with van der Waals surface area (Å²) in [4.78, 5) is 18.5. The van der Waals surface area contributed by atoms with Gasteiger partial charge in [-0.15, -0.1) is 6.58 Å². The molecule has 4 heterocycles. The Bertz CT molecular complexity index is 997. The number of pyridine rings is 1. The van der Waals surface area contributed by atoms with E-state index >= 15 is 0 Å². The minimum atomic E-state index is -1.18. The fourth-order valence-corrected chi connectivity index (χ4v) is 4.85. The zero-order valence-electron chi connectivity index (χ0n) is 18.2. The molecule has 0 saturated carbocycles. The third-order valence-corrected chi connectivity index (χ3v) is 6.39. The number of hydrogen-bond acceptors (Lipinski definition) is 7. The zero-order chi connectivity index (χ0) is 22.3. The maximum atomic E-state index is 13.7. The number of nitrogens with zero attached hydrogens (tertiary/aromatic N) is 2. The Morgan fingerprint density at radius 2 is 2.23 bits per heavy atom. The second kappa shape index (κ2) is 8.44. The van der Waals surface area contributed by atoms with E-state index in [0.29, 0.717) is 35.6 Å². The van der Waals surface area contributed by atoms with E-state index in [4.69, 9.17) is 19.2 Å². The van der Waals surface area contributed by atoms with Gasteiger partial charge in [0.05, 0.1) is 37.3 Å². The van der Waals surface area contributed by atoms with Crippen LogP contribution in [0.25, 0.3) is 0 Å². The normalized spacial score (nSPS) is 31.4. The summed E-state index contributed by atoms with van der Waals surface area (Å²) in [5.41, 5.74) is 1.77. The number of aliphatic hydroxyl groups excluding tert-OH is 2.